The van der Waals surface area contributed by atoms with Crippen LogP contribution in [0.15, 0.2) is 15.6 Å². The Labute approximate surface area is 150 Å². The molecule has 25 heavy (non-hydrogen) atoms. The van der Waals surface area contributed by atoms with Gasteiger partial charge in [-0.15, -0.1) is 10.2 Å². The van der Waals surface area contributed by atoms with Crippen LogP contribution in [0.4, 0.5) is 0 Å². The highest BCUT2D eigenvalue weighted by Crippen LogP contribution is 2.16. The molecule has 0 aliphatic heterocycles. The van der Waals surface area contributed by atoms with E-state index >= 15 is 0 Å². The molecule has 138 valence electrons. The van der Waals surface area contributed by atoms with E-state index in [9.17, 15) is 18.5 Å². The van der Waals surface area contributed by atoms with Gasteiger partial charge in [-0.3, -0.25) is 0 Å². The van der Waals surface area contributed by atoms with E-state index in [1.807, 2.05) is 13.0 Å². The Morgan fingerprint density at radius 2 is 2.04 bits per heavy atom. The summed E-state index contributed by atoms with van der Waals surface area (Å²) in [6, 6.07) is 1.83. The number of carbonyl (C=O) groups is 1. The van der Waals surface area contributed by atoms with E-state index in [1.165, 1.54) is 0 Å². The Hall–Kier alpha value is -2.03. The van der Waals surface area contributed by atoms with Gasteiger partial charge in [0.2, 0.25) is 14.2 Å². The Morgan fingerprint density at radius 3 is 2.56 bits per heavy atom. The maximum atomic E-state index is 12.0. The van der Waals surface area contributed by atoms with Gasteiger partial charge in [-0.25, -0.2) is 13.2 Å². The molecule has 0 saturated carbocycles. The van der Waals surface area contributed by atoms with Crippen LogP contribution in [0.3, 0.4) is 0 Å². The van der Waals surface area contributed by atoms with Crippen molar-refractivity contribution in [2.45, 2.75) is 31.2 Å². The molecular formula is C14H20N4O5S2. The van der Waals surface area contributed by atoms with Crippen molar-refractivity contribution in [1.82, 2.24) is 15.5 Å². The number of aromatic nitrogens is 2. The molecule has 0 fully saturated rings. The molecule has 0 aliphatic rings. The van der Waals surface area contributed by atoms with Crippen molar-refractivity contribution in [3.05, 3.63) is 16.3 Å². The standard InChI is InChI=1S/C14H20N4O5S2/c1-4-11(10(8-15)13(19)23-7-6-22-5-2)16-9-12-17-18-14(24-12)25(3,20)21/h16H,4-7,9H2,1-3H3/b11-10+. The summed E-state index contributed by atoms with van der Waals surface area (Å²) in [5, 5.41) is 20.0. The van der Waals surface area contributed by atoms with E-state index in [4.69, 9.17) is 9.47 Å². The second kappa shape index (κ2) is 10.1. The Kier molecular flexibility index (Phi) is 8.47. The highest BCUT2D eigenvalue weighted by atomic mass is 32.2. The first-order chi connectivity index (χ1) is 11.8. The first kappa shape index (κ1) is 21.0. The number of allylic oxidation sites excluding steroid dienone is 1. The number of ether oxygens (including phenoxy) is 2. The van der Waals surface area contributed by atoms with Gasteiger partial charge >= 0.3 is 5.97 Å². The third-order valence-electron chi connectivity index (χ3n) is 2.85. The van der Waals surface area contributed by atoms with Crippen molar-refractivity contribution >= 4 is 27.1 Å². The Bertz CT molecular complexity index is 764. The molecule has 0 aromatic carbocycles. The van der Waals surface area contributed by atoms with Gasteiger partial charge in [-0.1, -0.05) is 18.3 Å². The van der Waals surface area contributed by atoms with Crippen molar-refractivity contribution in [2.75, 3.05) is 26.1 Å². The maximum absolute atomic E-state index is 12.0. The summed E-state index contributed by atoms with van der Waals surface area (Å²) in [5.41, 5.74) is 0.256. The average Bonchev–Trinajstić information content (AvgIpc) is 3.04. The van der Waals surface area contributed by atoms with E-state index in [1.54, 1.807) is 6.92 Å². The Balaban J connectivity index is 2.77. The van der Waals surface area contributed by atoms with E-state index in [2.05, 4.69) is 15.5 Å². The lowest BCUT2D eigenvalue weighted by Gasteiger charge is -2.10. The van der Waals surface area contributed by atoms with E-state index in [0.717, 1.165) is 17.6 Å². The fourth-order valence-corrected chi connectivity index (χ4v) is 3.27. The molecular weight excluding hydrogens is 368 g/mol. The predicted octanol–water partition coefficient (Wildman–Crippen LogP) is 0.799. The number of nitrogens with one attached hydrogen (secondary N) is 1. The van der Waals surface area contributed by atoms with Crippen LogP contribution in [0.25, 0.3) is 0 Å². The summed E-state index contributed by atoms with van der Waals surface area (Å²) in [7, 11) is -3.41. The minimum Gasteiger partial charge on any atom is -0.459 e. The normalized spacial score (nSPS) is 12.2. The highest BCUT2D eigenvalue weighted by Gasteiger charge is 2.18. The third kappa shape index (κ3) is 6.77. The molecule has 1 aromatic rings. The molecule has 1 aromatic heterocycles. The first-order valence-electron chi connectivity index (χ1n) is 7.47. The van der Waals surface area contributed by atoms with Crippen molar-refractivity contribution in [2.24, 2.45) is 0 Å². The third-order valence-corrected chi connectivity index (χ3v) is 5.45. The fourth-order valence-electron chi connectivity index (χ4n) is 1.68. The number of carbonyl (C=O) groups excluding carboxylic acids is 1. The van der Waals surface area contributed by atoms with E-state index in [0.29, 0.717) is 23.7 Å². The molecule has 1 heterocycles. The second-order valence-electron chi connectivity index (χ2n) is 4.74. The lowest BCUT2D eigenvalue weighted by atomic mass is 10.2. The Morgan fingerprint density at radius 1 is 1.32 bits per heavy atom. The van der Waals surface area contributed by atoms with Gasteiger partial charge in [-0.2, -0.15) is 5.26 Å². The zero-order chi connectivity index (χ0) is 18.9. The molecule has 0 saturated heterocycles. The molecule has 9 nitrogen and oxygen atoms in total. The summed E-state index contributed by atoms with van der Waals surface area (Å²) in [5.74, 6) is -0.736. The fraction of sp³-hybridized carbons (Fsp3) is 0.571. The van der Waals surface area contributed by atoms with Gasteiger partial charge in [0.1, 0.15) is 17.7 Å². The van der Waals surface area contributed by atoms with Gasteiger partial charge in [0.25, 0.3) is 0 Å². The zero-order valence-electron chi connectivity index (χ0n) is 14.2. The average molecular weight is 388 g/mol. The molecule has 11 heteroatoms. The molecule has 0 spiro atoms. The number of hydrogen-bond acceptors (Lipinski definition) is 10. The van der Waals surface area contributed by atoms with Crippen molar-refractivity contribution in [3.63, 3.8) is 0 Å². The molecule has 0 unspecified atom stereocenters. The van der Waals surface area contributed by atoms with Crippen molar-refractivity contribution < 1.29 is 22.7 Å². The van der Waals surface area contributed by atoms with Crippen LogP contribution in [-0.4, -0.2) is 50.7 Å². The van der Waals surface area contributed by atoms with Crippen LogP contribution < -0.4 is 5.32 Å². The summed E-state index contributed by atoms with van der Waals surface area (Å²) < 4.78 is 32.8. The minimum absolute atomic E-state index is 0.0585. The van der Waals surface area contributed by atoms with Gasteiger partial charge in [0.15, 0.2) is 5.57 Å². The molecule has 0 atom stereocenters. The predicted molar refractivity (Wildman–Crippen MR) is 90.2 cm³/mol. The highest BCUT2D eigenvalue weighted by molar-refractivity contribution is 7.92. The largest absolute Gasteiger partial charge is 0.459 e. The number of nitriles is 1. The number of sulfone groups is 1. The lowest BCUT2D eigenvalue weighted by molar-refractivity contribution is -0.140. The molecule has 0 radical (unpaired) electrons. The molecule has 0 bridgehead atoms. The van der Waals surface area contributed by atoms with Gasteiger partial charge < -0.3 is 14.8 Å². The molecule has 0 aliphatic carbocycles. The maximum Gasteiger partial charge on any atom is 0.350 e. The van der Waals surface area contributed by atoms with Gasteiger partial charge in [0, 0.05) is 18.6 Å². The van der Waals surface area contributed by atoms with Crippen LogP contribution in [0.2, 0.25) is 0 Å². The van der Waals surface area contributed by atoms with Crippen LogP contribution >= 0.6 is 11.3 Å². The monoisotopic (exact) mass is 388 g/mol. The minimum atomic E-state index is -3.41. The number of rotatable bonds is 10. The zero-order valence-corrected chi connectivity index (χ0v) is 15.9. The summed E-state index contributed by atoms with van der Waals surface area (Å²) in [4.78, 5) is 12.0. The van der Waals surface area contributed by atoms with Crippen LogP contribution in [0.5, 0.6) is 0 Å². The second-order valence-corrected chi connectivity index (χ2v) is 7.99. The molecule has 1 N–H and O–H groups in total. The quantitative estimate of drug-likeness (QED) is 0.267. The SMILES string of the molecule is CCOCCOC(=O)/C(C#N)=C(\CC)NCc1nnc(S(C)(=O)=O)s1. The summed E-state index contributed by atoms with van der Waals surface area (Å²) >= 11 is 0.928. The lowest BCUT2D eigenvalue weighted by Crippen LogP contribution is -2.20. The molecule has 1 rings (SSSR count). The van der Waals surface area contributed by atoms with Crippen molar-refractivity contribution in [3.8, 4) is 6.07 Å². The summed E-state index contributed by atoms with van der Waals surface area (Å²) in [6.07, 6.45) is 1.44. The van der Waals surface area contributed by atoms with Crippen molar-refractivity contribution in [1.29, 1.82) is 5.26 Å². The number of hydrogen-bond donors (Lipinski definition) is 1. The smallest absolute Gasteiger partial charge is 0.350 e. The van der Waals surface area contributed by atoms with Crippen LogP contribution in [0, 0.1) is 11.3 Å². The van der Waals surface area contributed by atoms with Gasteiger partial charge in [0.05, 0.1) is 13.2 Å². The number of esters is 1. The van der Waals surface area contributed by atoms with E-state index in [-0.39, 0.29) is 29.7 Å². The number of nitrogens with zero attached hydrogens (tertiary/aromatic N) is 3. The topological polar surface area (TPSA) is 131 Å². The van der Waals surface area contributed by atoms with Crippen LogP contribution in [0.1, 0.15) is 25.3 Å². The van der Waals surface area contributed by atoms with Crippen LogP contribution in [-0.2, 0) is 30.7 Å². The van der Waals surface area contributed by atoms with Gasteiger partial charge in [-0.05, 0) is 13.3 Å². The summed E-state index contributed by atoms with van der Waals surface area (Å²) in [6.45, 7) is 4.57. The first-order valence-corrected chi connectivity index (χ1v) is 10.2. The van der Waals surface area contributed by atoms with E-state index < -0.39 is 15.8 Å². The molecule has 0 amide bonds.